The number of hydrogen-bond donors (Lipinski definition) is 3. The van der Waals surface area contributed by atoms with Gasteiger partial charge in [0.1, 0.15) is 12.4 Å². The number of rotatable bonds is 6. The molecule has 0 radical (unpaired) electrons. The lowest BCUT2D eigenvalue weighted by Crippen LogP contribution is -2.43. The van der Waals surface area contributed by atoms with Gasteiger partial charge in [-0.25, -0.2) is 4.79 Å². The molecule has 1 aliphatic carbocycles. The molecule has 0 bridgehead atoms. The summed E-state index contributed by atoms with van der Waals surface area (Å²) in [5.41, 5.74) is 0.906. The largest absolute Gasteiger partial charge is 0.491 e. The number of benzene rings is 1. The lowest BCUT2D eigenvalue weighted by molar-refractivity contribution is 0.200. The smallest absolute Gasteiger partial charge is 0.315 e. The molecule has 0 saturated heterocycles. The summed E-state index contributed by atoms with van der Waals surface area (Å²) in [6, 6.07) is 7.69. The van der Waals surface area contributed by atoms with Crippen molar-refractivity contribution in [2.24, 2.45) is 5.92 Å². The molecule has 2 amide bonds. The van der Waals surface area contributed by atoms with E-state index in [1.54, 1.807) is 0 Å². The standard InChI is InChI=1S/C17H26N2O3/c1-13-5-4-7-15(11-13)19-17(21)18-12-14-6-2-3-8-16(14)22-10-9-20/h2-3,6,8,13,15,20H,4-5,7,9-12H2,1H3,(H2,18,19,21). The maximum Gasteiger partial charge on any atom is 0.315 e. The molecule has 22 heavy (non-hydrogen) atoms. The molecule has 1 aliphatic rings. The molecule has 3 N–H and O–H groups in total. The molecular weight excluding hydrogens is 280 g/mol. The lowest BCUT2D eigenvalue weighted by Gasteiger charge is -2.27. The van der Waals surface area contributed by atoms with E-state index >= 15 is 0 Å². The number of amides is 2. The van der Waals surface area contributed by atoms with Gasteiger partial charge in [0.05, 0.1) is 6.61 Å². The van der Waals surface area contributed by atoms with Gasteiger partial charge in [0.15, 0.2) is 0 Å². The molecule has 1 aromatic rings. The van der Waals surface area contributed by atoms with E-state index < -0.39 is 0 Å². The fourth-order valence-electron chi connectivity index (χ4n) is 2.92. The van der Waals surface area contributed by atoms with Gasteiger partial charge in [0.2, 0.25) is 0 Å². The molecule has 1 aromatic carbocycles. The highest BCUT2D eigenvalue weighted by molar-refractivity contribution is 5.74. The number of aliphatic hydroxyl groups excluding tert-OH is 1. The zero-order valence-electron chi connectivity index (χ0n) is 13.2. The van der Waals surface area contributed by atoms with Crippen molar-refractivity contribution in [3.05, 3.63) is 29.8 Å². The Balaban J connectivity index is 1.80. The van der Waals surface area contributed by atoms with E-state index in [2.05, 4.69) is 17.6 Å². The molecule has 2 unspecified atom stereocenters. The third-order valence-corrected chi connectivity index (χ3v) is 4.03. The van der Waals surface area contributed by atoms with Crippen LogP contribution in [0.3, 0.4) is 0 Å². The van der Waals surface area contributed by atoms with Crippen LogP contribution >= 0.6 is 0 Å². The first-order chi connectivity index (χ1) is 10.7. The molecule has 0 aliphatic heterocycles. The Kier molecular flexibility index (Phi) is 6.52. The van der Waals surface area contributed by atoms with Crippen molar-refractivity contribution >= 4 is 6.03 Å². The number of hydrogen-bond acceptors (Lipinski definition) is 3. The van der Waals surface area contributed by atoms with Gasteiger partial charge in [0.25, 0.3) is 0 Å². The first-order valence-electron chi connectivity index (χ1n) is 8.05. The van der Waals surface area contributed by atoms with Gasteiger partial charge in [0, 0.05) is 18.2 Å². The van der Waals surface area contributed by atoms with E-state index in [1.165, 1.54) is 12.8 Å². The number of carbonyl (C=O) groups is 1. The summed E-state index contributed by atoms with van der Waals surface area (Å²) in [4.78, 5) is 12.0. The number of aliphatic hydroxyl groups is 1. The maximum absolute atomic E-state index is 12.0. The summed E-state index contributed by atoms with van der Waals surface area (Å²) < 4.78 is 5.46. The molecule has 5 heteroatoms. The summed E-state index contributed by atoms with van der Waals surface area (Å²) in [5.74, 6) is 1.38. The zero-order chi connectivity index (χ0) is 15.8. The predicted octanol–water partition coefficient (Wildman–Crippen LogP) is 2.44. The predicted molar refractivity (Wildman–Crippen MR) is 85.8 cm³/mol. The van der Waals surface area contributed by atoms with Crippen molar-refractivity contribution in [1.82, 2.24) is 10.6 Å². The van der Waals surface area contributed by atoms with Crippen LogP contribution in [0.15, 0.2) is 24.3 Å². The van der Waals surface area contributed by atoms with E-state index in [9.17, 15) is 4.79 Å². The second kappa shape index (κ2) is 8.63. The second-order valence-electron chi connectivity index (χ2n) is 5.98. The molecule has 5 nitrogen and oxygen atoms in total. The van der Waals surface area contributed by atoms with Crippen LogP contribution in [0.2, 0.25) is 0 Å². The topological polar surface area (TPSA) is 70.6 Å². The minimum absolute atomic E-state index is 0.0257. The minimum Gasteiger partial charge on any atom is -0.491 e. The fourth-order valence-corrected chi connectivity index (χ4v) is 2.92. The van der Waals surface area contributed by atoms with Crippen LogP contribution in [0.25, 0.3) is 0 Å². The quantitative estimate of drug-likeness (QED) is 0.756. The average Bonchev–Trinajstić information content (AvgIpc) is 2.51. The summed E-state index contributed by atoms with van der Waals surface area (Å²) in [6.45, 7) is 2.88. The first-order valence-corrected chi connectivity index (χ1v) is 8.05. The number of nitrogens with one attached hydrogen (secondary N) is 2. The van der Waals surface area contributed by atoms with Crippen LogP contribution in [0, 0.1) is 5.92 Å². The summed E-state index contributed by atoms with van der Waals surface area (Å²) in [7, 11) is 0. The monoisotopic (exact) mass is 306 g/mol. The van der Waals surface area contributed by atoms with Gasteiger partial charge in [-0.2, -0.15) is 0 Å². The van der Waals surface area contributed by atoms with Crippen LogP contribution in [0.4, 0.5) is 4.79 Å². The van der Waals surface area contributed by atoms with E-state index in [4.69, 9.17) is 9.84 Å². The lowest BCUT2D eigenvalue weighted by atomic mass is 9.87. The number of urea groups is 1. The van der Waals surface area contributed by atoms with E-state index in [0.717, 1.165) is 18.4 Å². The molecule has 0 spiro atoms. The number of ether oxygens (including phenoxy) is 1. The third-order valence-electron chi connectivity index (χ3n) is 4.03. The van der Waals surface area contributed by atoms with Crippen LogP contribution < -0.4 is 15.4 Å². The number of para-hydroxylation sites is 1. The molecule has 122 valence electrons. The Labute approximate surface area is 132 Å². The van der Waals surface area contributed by atoms with Gasteiger partial charge >= 0.3 is 6.03 Å². The molecule has 0 aromatic heterocycles. The Hall–Kier alpha value is -1.75. The molecule has 2 atom stereocenters. The summed E-state index contributed by atoms with van der Waals surface area (Å²) in [5, 5.41) is 14.8. The second-order valence-corrected chi connectivity index (χ2v) is 5.98. The third kappa shape index (κ3) is 5.22. The van der Waals surface area contributed by atoms with Crippen molar-refractivity contribution in [3.8, 4) is 5.75 Å². The fraction of sp³-hybridized carbons (Fsp3) is 0.588. The van der Waals surface area contributed by atoms with E-state index in [1.807, 2.05) is 24.3 Å². The molecule has 2 rings (SSSR count). The highest BCUT2D eigenvalue weighted by Gasteiger charge is 2.20. The maximum atomic E-state index is 12.0. The van der Waals surface area contributed by atoms with Gasteiger partial charge in [-0.15, -0.1) is 0 Å². The highest BCUT2D eigenvalue weighted by Crippen LogP contribution is 2.23. The average molecular weight is 306 g/mol. The number of carbonyl (C=O) groups excluding carboxylic acids is 1. The summed E-state index contributed by atoms with van der Waals surface area (Å²) >= 11 is 0. The first kappa shape index (κ1) is 16.6. The SMILES string of the molecule is CC1CCCC(NC(=O)NCc2ccccc2OCCO)C1. The van der Waals surface area contributed by atoms with Crippen LogP contribution in [-0.4, -0.2) is 30.4 Å². The molecule has 1 saturated carbocycles. The van der Waals surface area contributed by atoms with Crippen LogP contribution in [0.5, 0.6) is 5.75 Å². The van der Waals surface area contributed by atoms with Crippen LogP contribution in [-0.2, 0) is 6.54 Å². The molecule has 0 heterocycles. The summed E-state index contributed by atoms with van der Waals surface area (Å²) in [6.07, 6.45) is 4.57. The minimum atomic E-state index is -0.129. The van der Waals surface area contributed by atoms with E-state index in [-0.39, 0.29) is 25.3 Å². The molecular formula is C17H26N2O3. The van der Waals surface area contributed by atoms with E-state index in [0.29, 0.717) is 18.2 Å². The Bertz CT molecular complexity index is 479. The van der Waals surface area contributed by atoms with Crippen molar-refractivity contribution in [1.29, 1.82) is 0 Å². The Morgan fingerprint density at radius 1 is 1.36 bits per heavy atom. The molecule has 1 fully saturated rings. The Morgan fingerprint density at radius 3 is 2.95 bits per heavy atom. The van der Waals surface area contributed by atoms with Crippen molar-refractivity contribution in [2.45, 2.75) is 45.2 Å². The Morgan fingerprint density at radius 2 is 2.18 bits per heavy atom. The van der Waals surface area contributed by atoms with Gasteiger partial charge in [-0.05, 0) is 24.8 Å². The van der Waals surface area contributed by atoms with Gasteiger partial charge < -0.3 is 20.5 Å². The van der Waals surface area contributed by atoms with Crippen LogP contribution in [0.1, 0.15) is 38.2 Å². The van der Waals surface area contributed by atoms with Crippen molar-refractivity contribution in [2.75, 3.05) is 13.2 Å². The zero-order valence-corrected chi connectivity index (χ0v) is 13.2. The van der Waals surface area contributed by atoms with Gasteiger partial charge in [-0.1, -0.05) is 38.0 Å². The van der Waals surface area contributed by atoms with Gasteiger partial charge in [-0.3, -0.25) is 0 Å². The van der Waals surface area contributed by atoms with Crippen molar-refractivity contribution < 1.29 is 14.6 Å². The highest BCUT2D eigenvalue weighted by atomic mass is 16.5. The van der Waals surface area contributed by atoms with Crippen molar-refractivity contribution in [3.63, 3.8) is 0 Å². The normalized spacial score (nSPS) is 21.2.